The molecule has 0 heterocycles. The van der Waals surface area contributed by atoms with Gasteiger partial charge in [0.25, 0.3) is 0 Å². The van der Waals surface area contributed by atoms with Crippen molar-refractivity contribution in [1.29, 1.82) is 0 Å². The molecule has 16 heavy (non-hydrogen) atoms. The van der Waals surface area contributed by atoms with E-state index in [2.05, 4.69) is 6.07 Å². The Labute approximate surface area is 94.8 Å². The smallest absolute Gasteiger partial charge is 0.307 e. The quantitative estimate of drug-likeness (QED) is 0.538. The van der Waals surface area contributed by atoms with Crippen LogP contribution in [0.1, 0.15) is 13.3 Å². The van der Waals surface area contributed by atoms with Crippen LogP contribution in [0, 0.1) is 6.07 Å². The summed E-state index contributed by atoms with van der Waals surface area (Å²) in [4.78, 5) is 23.4. The minimum absolute atomic E-state index is 0.200. The Hall–Kier alpha value is -1.84. The third kappa shape index (κ3) is 3.73. The molecule has 0 saturated carbocycles. The zero-order valence-electron chi connectivity index (χ0n) is 9.18. The van der Waals surface area contributed by atoms with Gasteiger partial charge in [0.15, 0.2) is 0 Å². The third-order valence-electron chi connectivity index (χ3n) is 2.02. The summed E-state index contributed by atoms with van der Waals surface area (Å²) in [5, 5.41) is 0. The lowest BCUT2D eigenvalue weighted by molar-refractivity contribution is -0.142. The summed E-state index contributed by atoms with van der Waals surface area (Å²) in [5.74, 6) is -0.295. The Kier molecular flexibility index (Phi) is 5.05. The van der Waals surface area contributed by atoms with Gasteiger partial charge >= 0.3 is 5.97 Å². The normalized spacial score (nSPS) is 9.56. The highest BCUT2D eigenvalue weighted by molar-refractivity contribution is 5.77. The van der Waals surface area contributed by atoms with E-state index in [0.717, 1.165) is 5.69 Å². The first-order chi connectivity index (χ1) is 7.77. The van der Waals surface area contributed by atoms with Crippen LogP contribution in [0.5, 0.6) is 0 Å². The van der Waals surface area contributed by atoms with Crippen molar-refractivity contribution in [2.45, 2.75) is 13.3 Å². The number of ether oxygens (including phenoxy) is 1. The summed E-state index contributed by atoms with van der Waals surface area (Å²) >= 11 is 0. The van der Waals surface area contributed by atoms with E-state index in [1.165, 1.54) is 4.90 Å². The molecular weight excluding hydrogens is 206 g/mol. The minimum atomic E-state index is -0.295. The molecule has 0 aliphatic carbocycles. The van der Waals surface area contributed by atoms with Crippen LogP contribution < -0.4 is 4.90 Å². The molecule has 0 N–H and O–H groups in total. The predicted octanol–water partition coefficient (Wildman–Crippen LogP) is 1.40. The Bertz CT molecular complexity index is 337. The summed E-state index contributed by atoms with van der Waals surface area (Å²) in [6, 6.07) is 9.83. The minimum Gasteiger partial charge on any atom is -0.466 e. The summed E-state index contributed by atoms with van der Waals surface area (Å²) in [6.45, 7) is 2.44. The molecule has 0 fully saturated rings. The van der Waals surface area contributed by atoms with Crippen LogP contribution in [-0.2, 0) is 14.3 Å². The zero-order valence-corrected chi connectivity index (χ0v) is 9.18. The molecule has 4 nitrogen and oxygen atoms in total. The number of carbonyl (C=O) groups excluding carboxylic acids is 2. The largest absolute Gasteiger partial charge is 0.466 e. The number of anilines is 1. The van der Waals surface area contributed by atoms with Crippen LogP contribution in [0.2, 0.25) is 0 Å². The number of hydrogen-bond donors (Lipinski definition) is 0. The molecule has 1 aromatic carbocycles. The fourth-order valence-electron chi connectivity index (χ4n) is 1.26. The molecule has 0 aromatic heterocycles. The molecule has 4 heteroatoms. The highest BCUT2D eigenvalue weighted by Gasteiger charge is 2.08. The van der Waals surface area contributed by atoms with Crippen molar-refractivity contribution in [1.82, 2.24) is 0 Å². The number of hydrogen-bond acceptors (Lipinski definition) is 3. The molecule has 0 unspecified atom stereocenters. The van der Waals surface area contributed by atoms with Crippen molar-refractivity contribution >= 4 is 18.1 Å². The van der Waals surface area contributed by atoms with Crippen LogP contribution in [0.4, 0.5) is 5.69 Å². The predicted molar refractivity (Wildman–Crippen MR) is 59.9 cm³/mol. The van der Waals surface area contributed by atoms with Crippen LogP contribution in [0.15, 0.2) is 24.3 Å². The fourth-order valence-corrected chi connectivity index (χ4v) is 1.26. The molecule has 85 valence electrons. The fraction of sp³-hybridized carbons (Fsp3) is 0.333. The maximum absolute atomic E-state index is 11.1. The Morgan fingerprint density at radius 3 is 2.75 bits per heavy atom. The van der Waals surface area contributed by atoms with E-state index in [9.17, 15) is 9.59 Å². The van der Waals surface area contributed by atoms with E-state index in [1.54, 1.807) is 31.2 Å². The first kappa shape index (κ1) is 12.2. The molecule has 0 spiro atoms. The van der Waals surface area contributed by atoms with Gasteiger partial charge in [0.1, 0.15) is 0 Å². The van der Waals surface area contributed by atoms with Gasteiger partial charge in [-0.25, -0.2) is 0 Å². The van der Waals surface area contributed by atoms with Gasteiger partial charge in [0.2, 0.25) is 6.41 Å². The second kappa shape index (κ2) is 6.61. The lowest BCUT2D eigenvalue weighted by Gasteiger charge is -2.16. The molecule has 0 saturated heterocycles. The SMILES string of the molecule is CCOC(=O)CCN(C=O)c1cc[c]cc1. The first-order valence-electron chi connectivity index (χ1n) is 5.11. The van der Waals surface area contributed by atoms with Gasteiger partial charge < -0.3 is 9.64 Å². The standard InChI is InChI=1S/C12H14NO3/c1-2-16-12(15)8-9-13(10-14)11-6-4-3-5-7-11/h4-7,10H,2,8-9H2,1H3. The molecular formula is C12H14NO3. The van der Waals surface area contributed by atoms with Crippen molar-refractivity contribution in [2.75, 3.05) is 18.1 Å². The van der Waals surface area contributed by atoms with Gasteiger partial charge in [-0.3, -0.25) is 9.59 Å². The Morgan fingerprint density at radius 2 is 2.19 bits per heavy atom. The molecule has 1 amide bonds. The van der Waals surface area contributed by atoms with Crippen molar-refractivity contribution in [3.63, 3.8) is 0 Å². The van der Waals surface area contributed by atoms with Crippen LogP contribution >= 0.6 is 0 Å². The van der Waals surface area contributed by atoms with E-state index in [0.29, 0.717) is 19.6 Å². The second-order valence-corrected chi connectivity index (χ2v) is 3.11. The summed E-state index contributed by atoms with van der Waals surface area (Å²) < 4.78 is 4.78. The zero-order chi connectivity index (χ0) is 11.8. The number of carbonyl (C=O) groups is 2. The second-order valence-electron chi connectivity index (χ2n) is 3.11. The van der Waals surface area contributed by atoms with Crippen molar-refractivity contribution in [3.05, 3.63) is 30.3 Å². The molecule has 0 aliphatic rings. The summed E-state index contributed by atoms with van der Waals surface area (Å²) in [5.41, 5.74) is 0.748. The molecule has 0 atom stereocenters. The summed E-state index contributed by atoms with van der Waals surface area (Å²) in [7, 11) is 0. The maximum Gasteiger partial charge on any atom is 0.307 e. The monoisotopic (exact) mass is 220 g/mol. The average Bonchev–Trinajstić information content (AvgIpc) is 2.31. The average molecular weight is 220 g/mol. The summed E-state index contributed by atoms with van der Waals surface area (Å²) in [6.07, 6.45) is 0.903. The maximum atomic E-state index is 11.1. The van der Waals surface area contributed by atoms with Crippen LogP contribution in [-0.4, -0.2) is 25.5 Å². The van der Waals surface area contributed by atoms with E-state index >= 15 is 0 Å². The van der Waals surface area contributed by atoms with Crippen molar-refractivity contribution in [2.24, 2.45) is 0 Å². The van der Waals surface area contributed by atoms with Gasteiger partial charge in [0, 0.05) is 12.2 Å². The highest BCUT2D eigenvalue weighted by atomic mass is 16.5. The van der Waals surface area contributed by atoms with E-state index in [-0.39, 0.29) is 12.4 Å². The van der Waals surface area contributed by atoms with Gasteiger partial charge in [-0.2, -0.15) is 0 Å². The lowest BCUT2D eigenvalue weighted by Crippen LogP contribution is -2.24. The number of benzene rings is 1. The Balaban J connectivity index is 2.50. The topological polar surface area (TPSA) is 46.6 Å². The molecule has 1 radical (unpaired) electrons. The van der Waals surface area contributed by atoms with Gasteiger partial charge in [-0.15, -0.1) is 0 Å². The van der Waals surface area contributed by atoms with E-state index < -0.39 is 0 Å². The van der Waals surface area contributed by atoms with Crippen molar-refractivity contribution in [3.8, 4) is 0 Å². The van der Waals surface area contributed by atoms with E-state index in [1.807, 2.05) is 0 Å². The number of amides is 1. The molecule has 0 bridgehead atoms. The number of esters is 1. The van der Waals surface area contributed by atoms with Crippen molar-refractivity contribution < 1.29 is 14.3 Å². The molecule has 1 aromatic rings. The van der Waals surface area contributed by atoms with Crippen LogP contribution in [0.25, 0.3) is 0 Å². The highest BCUT2D eigenvalue weighted by Crippen LogP contribution is 2.11. The number of nitrogens with zero attached hydrogens (tertiary/aromatic N) is 1. The molecule has 0 aliphatic heterocycles. The van der Waals surface area contributed by atoms with Gasteiger partial charge in [0.05, 0.1) is 13.0 Å². The van der Waals surface area contributed by atoms with Gasteiger partial charge in [-0.05, 0) is 25.1 Å². The van der Waals surface area contributed by atoms with E-state index in [4.69, 9.17) is 4.74 Å². The van der Waals surface area contributed by atoms with Gasteiger partial charge in [-0.1, -0.05) is 12.1 Å². The molecule has 1 rings (SSSR count). The third-order valence-corrected chi connectivity index (χ3v) is 2.02. The van der Waals surface area contributed by atoms with Crippen LogP contribution in [0.3, 0.4) is 0 Å². The number of rotatable bonds is 6. The first-order valence-corrected chi connectivity index (χ1v) is 5.11. The lowest BCUT2D eigenvalue weighted by atomic mass is 10.3. The Morgan fingerprint density at radius 1 is 1.50 bits per heavy atom.